The van der Waals surface area contributed by atoms with Crippen molar-refractivity contribution >= 4 is 29.6 Å². The van der Waals surface area contributed by atoms with Crippen LogP contribution < -0.4 is 38.9 Å². The van der Waals surface area contributed by atoms with Crippen molar-refractivity contribution in [2.24, 2.45) is 22.9 Å². The van der Waals surface area contributed by atoms with Crippen LogP contribution >= 0.6 is 0 Å². The summed E-state index contributed by atoms with van der Waals surface area (Å²) in [6, 6.07) is -5.08. The zero-order chi connectivity index (χ0) is 25.4. The van der Waals surface area contributed by atoms with Crippen LogP contribution in [0.25, 0.3) is 0 Å². The fraction of sp³-hybridized carbons (Fsp3) is 0.737. The predicted octanol–water partition coefficient (Wildman–Crippen LogP) is -4.02. The molecular formula is C19H37N7O7. The van der Waals surface area contributed by atoms with Crippen LogP contribution in [0.4, 0.5) is 0 Å². The van der Waals surface area contributed by atoms with Crippen molar-refractivity contribution in [2.45, 2.75) is 69.1 Å². The molecule has 0 aliphatic rings. The van der Waals surface area contributed by atoms with E-state index in [1.54, 1.807) is 0 Å². The lowest BCUT2D eigenvalue weighted by atomic mass is 10.1. The molecule has 33 heavy (non-hydrogen) atoms. The summed E-state index contributed by atoms with van der Waals surface area (Å²) in [5.41, 5.74) is 21.6. The summed E-state index contributed by atoms with van der Waals surface area (Å²) in [5.74, 6) is -4.79. The summed E-state index contributed by atoms with van der Waals surface area (Å²) < 4.78 is 0. The molecule has 0 heterocycles. The number of aliphatic hydroxyl groups excluding tert-OH is 1. The lowest BCUT2D eigenvalue weighted by Gasteiger charge is -2.24. The highest BCUT2D eigenvalue weighted by molar-refractivity contribution is 5.94. The number of rotatable bonds is 18. The SMILES string of the molecule is NCCCCC(N)C(=O)NC(CO)C(=O)NC(CCCCN)C(=O)NC(CC(N)=O)C(=O)O. The van der Waals surface area contributed by atoms with Crippen molar-refractivity contribution in [2.75, 3.05) is 19.7 Å². The molecule has 0 aromatic rings. The Labute approximate surface area is 192 Å². The Balaban J connectivity index is 5.21. The van der Waals surface area contributed by atoms with Gasteiger partial charge in [-0.2, -0.15) is 0 Å². The van der Waals surface area contributed by atoms with Gasteiger partial charge in [-0.15, -0.1) is 0 Å². The number of aliphatic hydroxyl groups is 1. The Morgan fingerprint density at radius 1 is 0.727 bits per heavy atom. The Bertz CT molecular complexity index is 662. The molecule has 4 amide bonds. The van der Waals surface area contributed by atoms with Crippen LogP contribution in [-0.2, 0) is 24.0 Å². The molecule has 190 valence electrons. The smallest absolute Gasteiger partial charge is 0.326 e. The first-order valence-electron chi connectivity index (χ1n) is 10.8. The molecule has 0 saturated heterocycles. The van der Waals surface area contributed by atoms with Crippen LogP contribution in [0.2, 0.25) is 0 Å². The second kappa shape index (κ2) is 16.8. The molecule has 0 rings (SSSR count). The molecule has 0 aliphatic carbocycles. The minimum atomic E-state index is -1.58. The van der Waals surface area contributed by atoms with Crippen molar-refractivity contribution in [1.82, 2.24) is 16.0 Å². The molecule has 4 unspecified atom stereocenters. The quantitative estimate of drug-likeness (QED) is 0.0866. The van der Waals surface area contributed by atoms with E-state index in [9.17, 15) is 34.2 Å². The van der Waals surface area contributed by atoms with Gasteiger partial charge in [-0.3, -0.25) is 19.2 Å². The van der Waals surface area contributed by atoms with Gasteiger partial charge in [0.1, 0.15) is 18.1 Å². The van der Waals surface area contributed by atoms with Gasteiger partial charge in [0.25, 0.3) is 0 Å². The van der Waals surface area contributed by atoms with Crippen LogP contribution in [0.5, 0.6) is 0 Å². The first kappa shape index (κ1) is 30.2. The van der Waals surface area contributed by atoms with Gasteiger partial charge >= 0.3 is 5.97 Å². The molecule has 0 aliphatic heterocycles. The van der Waals surface area contributed by atoms with Gasteiger partial charge in [-0.25, -0.2) is 4.79 Å². The molecule has 0 aromatic heterocycles. The molecule has 0 bridgehead atoms. The second-order valence-electron chi connectivity index (χ2n) is 7.55. The maximum absolute atomic E-state index is 12.6. The Morgan fingerprint density at radius 2 is 1.21 bits per heavy atom. The number of nitrogens with one attached hydrogen (secondary N) is 3. The lowest BCUT2D eigenvalue weighted by molar-refractivity contribution is -0.143. The van der Waals surface area contributed by atoms with Crippen molar-refractivity contribution in [3.8, 4) is 0 Å². The van der Waals surface area contributed by atoms with Crippen molar-refractivity contribution in [1.29, 1.82) is 0 Å². The van der Waals surface area contributed by atoms with E-state index >= 15 is 0 Å². The maximum Gasteiger partial charge on any atom is 0.326 e. The maximum atomic E-state index is 12.6. The molecule has 0 radical (unpaired) electrons. The first-order valence-corrected chi connectivity index (χ1v) is 10.8. The van der Waals surface area contributed by atoms with E-state index in [1.165, 1.54) is 0 Å². The summed E-state index contributed by atoms with van der Waals surface area (Å²) in [5, 5.41) is 25.6. The van der Waals surface area contributed by atoms with E-state index in [0.717, 1.165) is 0 Å². The monoisotopic (exact) mass is 475 g/mol. The van der Waals surface area contributed by atoms with Gasteiger partial charge in [0, 0.05) is 0 Å². The fourth-order valence-electron chi connectivity index (χ4n) is 2.82. The van der Waals surface area contributed by atoms with Gasteiger partial charge in [-0.1, -0.05) is 6.42 Å². The van der Waals surface area contributed by atoms with Crippen LogP contribution in [0, 0.1) is 0 Å². The molecule has 0 fully saturated rings. The number of unbranched alkanes of at least 4 members (excludes halogenated alkanes) is 2. The van der Waals surface area contributed by atoms with E-state index < -0.39 is 66.8 Å². The normalized spacial score (nSPS) is 14.4. The minimum Gasteiger partial charge on any atom is -0.480 e. The molecule has 0 aromatic carbocycles. The molecule has 4 atom stereocenters. The van der Waals surface area contributed by atoms with Crippen LogP contribution in [0.3, 0.4) is 0 Å². The summed E-state index contributed by atoms with van der Waals surface area (Å²) in [7, 11) is 0. The topological polar surface area (TPSA) is 266 Å². The minimum absolute atomic E-state index is 0.0996. The predicted molar refractivity (Wildman–Crippen MR) is 118 cm³/mol. The molecule has 0 saturated carbocycles. The van der Waals surface area contributed by atoms with Crippen molar-refractivity contribution in [3.05, 3.63) is 0 Å². The third-order valence-electron chi connectivity index (χ3n) is 4.72. The van der Waals surface area contributed by atoms with Gasteiger partial charge in [-0.05, 0) is 45.2 Å². The number of primary amides is 1. The van der Waals surface area contributed by atoms with E-state index in [0.29, 0.717) is 45.2 Å². The summed E-state index contributed by atoms with van der Waals surface area (Å²) >= 11 is 0. The van der Waals surface area contributed by atoms with Crippen LogP contribution in [0.15, 0.2) is 0 Å². The molecule has 14 nitrogen and oxygen atoms in total. The number of amides is 4. The number of carboxylic acids is 1. The Hall–Kier alpha value is -2.81. The molecular weight excluding hydrogens is 438 g/mol. The number of aliphatic carboxylic acids is 1. The highest BCUT2D eigenvalue weighted by atomic mass is 16.4. The highest BCUT2D eigenvalue weighted by Crippen LogP contribution is 2.04. The summed E-state index contributed by atoms with van der Waals surface area (Å²) in [6.45, 7) is 0.0224. The number of hydrogen-bond acceptors (Lipinski definition) is 9. The molecule has 13 N–H and O–H groups in total. The number of carbonyl (C=O) groups excluding carboxylic acids is 4. The third kappa shape index (κ3) is 12.7. The van der Waals surface area contributed by atoms with Crippen LogP contribution in [-0.4, -0.2) is 83.7 Å². The second-order valence-corrected chi connectivity index (χ2v) is 7.55. The van der Waals surface area contributed by atoms with Crippen LogP contribution in [0.1, 0.15) is 44.9 Å². The third-order valence-corrected chi connectivity index (χ3v) is 4.72. The summed E-state index contributed by atoms with van der Waals surface area (Å²) in [6.07, 6.45) is 2.04. The Morgan fingerprint density at radius 3 is 1.70 bits per heavy atom. The summed E-state index contributed by atoms with van der Waals surface area (Å²) in [4.78, 5) is 59.8. The zero-order valence-electron chi connectivity index (χ0n) is 18.6. The molecule has 0 spiro atoms. The Kier molecular flexibility index (Phi) is 15.3. The highest BCUT2D eigenvalue weighted by Gasteiger charge is 2.30. The number of carbonyl (C=O) groups is 5. The lowest BCUT2D eigenvalue weighted by Crippen LogP contribution is -2.58. The number of carboxylic acid groups (broad SMARTS) is 1. The van der Waals surface area contributed by atoms with Gasteiger partial charge in [0.15, 0.2) is 0 Å². The van der Waals surface area contributed by atoms with Gasteiger partial charge < -0.3 is 49.1 Å². The average molecular weight is 476 g/mol. The number of nitrogens with two attached hydrogens (primary N) is 4. The largest absolute Gasteiger partial charge is 0.480 e. The van der Waals surface area contributed by atoms with Crippen molar-refractivity contribution < 1.29 is 34.2 Å². The standard InChI is InChI=1S/C19H37N7O7/c20-7-3-1-5-11(22)16(29)26-14(10-27)18(31)24-12(6-2-4-8-21)17(30)25-13(19(32)33)9-15(23)28/h11-14,27H,1-10,20-22H2,(H2,23,28)(H,24,31)(H,25,30)(H,26,29)(H,32,33). The zero-order valence-corrected chi connectivity index (χ0v) is 18.6. The van der Waals surface area contributed by atoms with E-state index in [-0.39, 0.29) is 6.42 Å². The van der Waals surface area contributed by atoms with E-state index in [1.807, 2.05) is 0 Å². The number of hydrogen-bond donors (Lipinski definition) is 9. The fourth-order valence-corrected chi connectivity index (χ4v) is 2.82. The average Bonchev–Trinajstić information content (AvgIpc) is 2.75. The van der Waals surface area contributed by atoms with Gasteiger partial charge in [0.05, 0.1) is 19.1 Å². The van der Waals surface area contributed by atoms with Crippen molar-refractivity contribution in [3.63, 3.8) is 0 Å². The van der Waals surface area contributed by atoms with E-state index in [4.69, 9.17) is 22.9 Å². The first-order chi connectivity index (χ1) is 15.6. The van der Waals surface area contributed by atoms with Gasteiger partial charge in [0.2, 0.25) is 23.6 Å². The van der Waals surface area contributed by atoms with E-state index in [2.05, 4.69) is 16.0 Å². The molecule has 14 heteroatoms.